The number of piperidine rings is 1. The summed E-state index contributed by atoms with van der Waals surface area (Å²) in [7, 11) is 0. The molecular formula is C22H35N7O. The molecule has 0 atom stereocenters. The van der Waals surface area contributed by atoms with Gasteiger partial charge in [0.2, 0.25) is 5.91 Å². The minimum Gasteiger partial charge on any atom is -0.343 e. The lowest BCUT2D eigenvalue weighted by atomic mass is 9.95. The third-order valence-corrected chi connectivity index (χ3v) is 6.67. The molecule has 0 aromatic carbocycles. The van der Waals surface area contributed by atoms with E-state index in [1.807, 2.05) is 23.4 Å². The first kappa shape index (κ1) is 21.0. The molecule has 8 nitrogen and oxygen atoms in total. The maximum absolute atomic E-state index is 12.7. The van der Waals surface area contributed by atoms with Gasteiger partial charge in [0.25, 0.3) is 0 Å². The van der Waals surface area contributed by atoms with Crippen molar-refractivity contribution < 1.29 is 4.79 Å². The largest absolute Gasteiger partial charge is 0.343 e. The highest BCUT2D eigenvalue weighted by atomic mass is 16.2. The Balaban J connectivity index is 1.31. The molecule has 2 aliphatic rings. The average Bonchev–Trinajstić information content (AvgIpc) is 3.20. The summed E-state index contributed by atoms with van der Waals surface area (Å²) in [5.41, 5.74) is 2.12. The lowest BCUT2D eigenvalue weighted by Crippen LogP contribution is -2.39. The first-order valence-electron chi connectivity index (χ1n) is 11.4. The fourth-order valence-electron chi connectivity index (χ4n) is 4.83. The Kier molecular flexibility index (Phi) is 6.22. The van der Waals surface area contributed by atoms with Crippen molar-refractivity contribution in [3.05, 3.63) is 29.1 Å². The fourth-order valence-corrected chi connectivity index (χ4v) is 4.83. The van der Waals surface area contributed by atoms with Gasteiger partial charge >= 0.3 is 0 Å². The number of aryl methyl sites for hydroxylation is 3. The second-order valence-electron chi connectivity index (χ2n) is 9.06. The smallest absolute Gasteiger partial charge is 0.224 e. The minimum atomic E-state index is 0.230. The molecule has 0 radical (unpaired) electrons. The summed E-state index contributed by atoms with van der Waals surface area (Å²) < 4.78 is 4.29. The molecule has 1 saturated heterocycles. The van der Waals surface area contributed by atoms with Crippen LogP contribution in [-0.2, 0) is 24.3 Å². The molecule has 0 unspecified atom stereocenters. The van der Waals surface area contributed by atoms with Crippen LogP contribution in [0.4, 0.5) is 0 Å². The van der Waals surface area contributed by atoms with E-state index in [0.29, 0.717) is 24.9 Å². The predicted octanol–water partition coefficient (Wildman–Crippen LogP) is 2.15. The van der Waals surface area contributed by atoms with Crippen molar-refractivity contribution in [3.8, 4) is 0 Å². The highest BCUT2D eigenvalue weighted by Crippen LogP contribution is 2.28. The number of carbonyl (C=O) groups is 1. The monoisotopic (exact) mass is 413 g/mol. The molecule has 4 rings (SSSR count). The zero-order chi connectivity index (χ0) is 21.3. The number of nitrogens with zero attached hydrogens (tertiary/aromatic N) is 7. The van der Waals surface area contributed by atoms with E-state index in [-0.39, 0.29) is 5.91 Å². The Labute approximate surface area is 179 Å². The molecule has 0 spiro atoms. The lowest BCUT2D eigenvalue weighted by Gasteiger charge is -2.32. The van der Waals surface area contributed by atoms with Crippen molar-refractivity contribution in [1.29, 1.82) is 0 Å². The number of rotatable bonds is 5. The summed E-state index contributed by atoms with van der Waals surface area (Å²) in [6, 6.07) is 2.62. The second kappa shape index (κ2) is 8.88. The Morgan fingerprint density at radius 1 is 1.10 bits per heavy atom. The third-order valence-electron chi connectivity index (χ3n) is 6.67. The first-order valence-corrected chi connectivity index (χ1v) is 11.4. The molecular weight excluding hydrogens is 378 g/mol. The van der Waals surface area contributed by atoms with E-state index in [9.17, 15) is 4.79 Å². The number of aromatic nitrogens is 5. The van der Waals surface area contributed by atoms with Gasteiger partial charge in [0.15, 0.2) is 0 Å². The quantitative estimate of drug-likeness (QED) is 0.751. The van der Waals surface area contributed by atoms with E-state index < -0.39 is 0 Å². The van der Waals surface area contributed by atoms with Gasteiger partial charge < -0.3 is 9.47 Å². The molecule has 2 aromatic heterocycles. The molecule has 1 fully saturated rings. The number of fused-ring (bicyclic) bond motifs is 1. The van der Waals surface area contributed by atoms with Crippen LogP contribution in [0.3, 0.4) is 0 Å². The van der Waals surface area contributed by atoms with Crippen LogP contribution in [0.1, 0.15) is 62.1 Å². The van der Waals surface area contributed by atoms with E-state index in [1.165, 1.54) is 0 Å². The Hall–Kier alpha value is -2.22. The molecule has 1 amide bonds. The molecule has 2 aromatic rings. The van der Waals surface area contributed by atoms with Gasteiger partial charge in [0, 0.05) is 69.8 Å². The maximum Gasteiger partial charge on any atom is 0.224 e. The van der Waals surface area contributed by atoms with Crippen molar-refractivity contribution in [3.63, 3.8) is 0 Å². The van der Waals surface area contributed by atoms with Crippen LogP contribution in [-0.4, -0.2) is 72.5 Å². The average molecular weight is 414 g/mol. The van der Waals surface area contributed by atoms with Crippen molar-refractivity contribution in [2.24, 2.45) is 0 Å². The lowest BCUT2D eigenvalue weighted by molar-refractivity contribution is -0.132. The van der Waals surface area contributed by atoms with E-state index in [0.717, 1.165) is 75.0 Å². The number of carbonyl (C=O) groups excluding carboxylic acids is 1. The van der Waals surface area contributed by atoms with E-state index in [2.05, 4.69) is 44.7 Å². The normalized spacial score (nSPS) is 18.6. The van der Waals surface area contributed by atoms with E-state index in [1.54, 1.807) is 0 Å². The zero-order valence-corrected chi connectivity index (χ0v) is 18.8. The number of hydrogen-bond donors (Lipinski definition) is 0. The molecule has 4 heterocycles. The summed E-state index contributed by atoms with van der Waals surface area (Å²) in [5, 5.41) is 13.5. The third kappa shape index (κ3) is 4.43. The Morgan fingerprint density at radius 3 is 2.53 bits per heavy atom. The molecule has 30 heavy (non-hydrogen) atoms. The first-order chi connectivity index (χ1) is 14.4. The van der Waals surface area contributed by atoms with Crippen LogP contribution in [0.15, 0.2) is 6.07 Å². The van der Waals surface area contributed by atoms with E-state index >= 15 is 0 Å². The molecule has 0 N–H and O–H groups in total. The van der Waals surface area contributed by atoms with Crippen LogP contribution >= 0.6 is 0 Å². The van der Waals surface area contributed by atoms with Gasteiger partial charge in [-0.15, -0.1) is 10.2 Å². The SMILES string of the molecule is Cc1cc(C)n(CCC(=O)N2CCC(c3nnc4n3CCN(C(C)C)CC4)CC2)n1. The van der Waals surface area contributed by atoms with Crippen molar-refractivity contribution >= 4 is 5.91 Å². The van der Waals surface area contributed by atoms with Crippen LogP contribution in [0.5, 0.6) is 0 Å². The summed E-state index contributed by atoms with van der Waals surface area (Å²) in [6.45, 7) is 13.9. The molecule has 2 aliphatic heterocycles. The Bertz CT molecular complexity index is 876. The van der Waals surface area contributed by atoms with Gasteiger partial charge in [-0.05, 0) is 46.6 Å². The molecule has 0 saturated carbocycles. The minimum absolute atomic E-state index is 0.230. The Morgan fingerprint density at radius 2 is 1.87 bits per heavy atom. The molecule has 0 aliphatic carbocycles. The highest BCUT2D eigenvalue weighted by molar-refractivity contribution is 5.76. The van der Waals surface area contributed by atoms with Crippen molar-refractivity contribution in [1.82, 2.24) is 34.3 Å². The number of likely N-dealkylation sites (tertiary alicyclic amines) is 1. The van der Waals surface area contributed by atoms with Crippen molar-refractivity contribution in [2.75, 3.05) is 26.2 Å². The summed E-state index contributed by atoms with van der Waals surface area (Å²) in [6.07, 6.45) is 3.42. The van der Waals surface area contributed by atoms with E-state index in [4.69, 9.17) is 0 Å². The predicted molar refractivity (Wildman–Crippen MR) is 115 cm³/mol. The topological polar surface area (TPSA) is 72.1 Å². The number of amides is 1. The molecule has 164 valence electrons. The molecule has 8 heteroatoms. The van der Waals surface area contributed by atoms with Gasteiger partial charge in [-0.3, -0.25) is 14.4 Å². The summed E-state index contributed by atoms with van der Waals surface area (Å²) >= 11 is 0. The van der Waals surface area contributed by atoms with Gasteiger partial charge in [-0.1, -0.05) is 0 Å². The van der Waals surface area contributed by atoms with Gasteiger partial charge in [-0.2, -0.15) is 5.10 Å². The zero-order valence-electron chi connectivity index (χ0n) is 18.8. The van der Waals surface area contributed by atoms with Gasteiger partial charge in [-0.25, -0.2) is 0 Å². The molecule has 0 bridgehead atoms. The van der Waals surface area contributed by atoms with Crippen LogP contribution in [0, 0.1) is 13.8 Å². The highest BCUT2D eigenvalue weighted by Gasteiger charge is 2.29. The van der Waals surface area contributed by atoms with Crippen LogP contribution in [0.25, 0.3) is 0 Å². The van der Waals surface area contributed by atoms with Gasteiger partial charge in [0.1, 0.15) is 11.6 Å². The number of hydrogen-bond acceptors (Lipinski definition) is 5. The summed E-state index contributed by atoms with van der Waals surface area (Å²) in [5.74, 6) is 2.88. The fraction of sp³-hybridized carbons (Fsp3) is 0.727. The van der Waals surface area contributed by atoms with Gasteiger partial charge in [0.05, 0.1) is 5.69 Å². The van der Waals surface area contributed by atoms with Crippen LogP contribution in [0.2, 0.25) is 0 Å². The van der Waals surface area contributed by atoms with Crippen LogP contribution < -0.4 is 0 Å². The standard InChI is InChI=1S/C22H35N7O/c1-16(2)26-11-7-20-23-24-22(28(20)14-13-26)19-5-9-27(10-6-19)21(30)8-12-29-18(4)15-17(3)25-29/h15-16,19H,5-14H2,1-4H3. The maximum atomic E-state index is 12.7. The van der Waals surface area contributed by atoms with Crippen molar-refractivity contribution in [2.45, 2.75) is 78.4 Å². The second-order valence-corrected chi connectivity index (χ2v) is 9.06. The summed E-state index contributed by atoms with van der Waals surface area (Å²) in [4.78, 5) is 17.2.